The number of ether oxygens (including phenoxy) is 2. The van der Waals surface area contributed by atoms with Crippen molar-refractivity contribution < 1.29 is 18.8 Å². The highest BCUT2D eigenvalue weighted by Gasteiger charge is 2.23. The molecule has 0 bridgehead atoms. The van der Waals surface area contributed by atoms with Crippen LogP contribution < -0.4 is 9.47 Å². The molecule has 1 atom stereocenters. The van der Waals surface area contributed by atoms with Gasteiger partial charge in [0.05, 0.1) is 19.9 Å². The van der Waals surface area contributed by atoms with Crippen LogP contribution in [0.2, 0.25) is 0 Å². The summed E-state index contributed by atoms with van der Waals surface area (Å²) in [4.78, 5) is 13.0. The van der Waals surface area contributed by atoms with E-state index in [1.807, 2.05) is 12.1 Å². The van der Waals surface area contributed by atoms with Gasteiger partial charge in [0.25, 0.3) is 0 Å². The Bertz CT molecular complexity index is 675. The maximum atomic E-state index is 13.0. The number of methoxy groups -OCH3 is 2. The van der Waals surface area contributed by atoms with Gasteiger partial charge in [0.1, 0.15) is 17.1 Å². The monoisotopic (exact) mass is 316 g/mol. The lowest BCUT2D eigenvalue weighted by Crippen LogP contribution is -2.09. The molecule has 0 heterocycles. The molecule has 0 aliphatic rings. The van der Waals surface area contributed by atoms with E-state index in [9.17, 15) is 9.36 Å². The first kappa shape index (κ1) is 16.2. The van der Waals surface area contributed by atoms with Crippen molar-refractivity contribution in [3.8, 4) is 11.5 Å². The van der Waals surface area contributed by atoms with Crippen LogP contribution in [0.3, 0.4) is 0 Å². The molecule has 2 aromatic carbocycles. The highest BCUT2D eigenvalue weighted by atomic mass is 31.1. The second-order valence-corrected chi connectivity index (χ2v) is 5.72. The molecule has 2 aromatic rings. The summed E-state index contributed by atoms with van der Waals surface area (Å²) in [5.74, 6) is 0.693. The predicted molar refractivity (Wildman–Crippen MR) is 85.4 cm³/mol. The smallest absolute Gasteiger partial charge is 0.200 e. The van der Waals surface area contributed by atoms with Crippen LogP contribution in [0.1, 0.15) is 34.1 Å². The molecule has 0 aromatic heterocycles. The first-order valence-electron chi connectivity index (χ1n) is 6.81. The van der Waals surface area contributed by atoms with E-state index in [2.05, 4.69) is 0 Å². The lowest BCUT2D eigenvalue weighted by atomic mass is 9.95. The van der Waals surface area contributed by atoms with Crippen LogP contribution in [-0.4, -0.2) is 20.0 Å². The minimum absolute atomic E-state index is 0.0270. The summed E-state index contributed by atoms with van der Waals surface area (Å²) in [7, 11) is 2.99. The molecule has 0 spiro atoms. The molecule has 0 saturated heterocycles. The zero-order valence-electron chi connectivity index (χ0n) is 12.7. The fourth-order valence-electron chi connectivity index (χ4n) is 2.33. The first-order chi connectivity index (χ1) is 10.6. The molecular weight excluding hydrogens is 299 g/mol. The average molecular weight is 316 g/mol. The van der Waals surface area contributed by atoms with Gasteiger partial charge in [-0.05, 0) is 24.6 Å². The normalized spacial score (nSPS) is 12.0. The molecule has 1 unspecified atom stereocenters. The third kappa shape index (κ3) is 3.02. The van der Waals surface area contributed by atoms with Crippen LogP contribution in [0.5, 0.6) is 11.5 Å². The van der Waals surface area contributed by atoms with Crippen LogP contribution in [0.15, 0.2) is 42.5 Å². The van der Waals surface area contributed by atoms with Crippen molar-refractivity contribution in [2.75, 3.05) is 14.2 Å². The molecule has 0 saturated carbocycles. The topological polar surface area (TPSA) is 52.6 Å². The number of carbonyl (C=O) groups excluding carboxylic acids is 1. The molecule has 4 nitrogen and oxygen atoms in total. The minimum atomic E-state index is -0.263. The number of carbonyl (C=O) groups is 1. The van der Waals surface area contributed by atoms with Gasteiger partial charge in [-0.25, -0.2) is 0 Å². The second-order valence-electron chi connectivity index (χ2n) is 4.74. The standard InChI is InChI=1S/C17H17O4P/c1-11(22-19)12-7-4-5-8-13(12)17(18)16-14(20-2)9-6-10-15(16)21-3/h4-11H,1-3H3. The third-order valence-corrected chi connectivity index (χ3v) is 4.06. The third-order valence-electron chi connectivity index (χ3n) is 3.47. The molecule has 0 radical (unpaired) electrons. The molecule has 22 heavy (non-hydrogen) atoms. The Kier molecular flexibility index (Phi) is 5.29. The van der Waals surface area contributed by atoms with E-state index < -0.39 is 0 Å². The van der Waals surface area contributed by atoms with Crippen molar-refractivity contribution in [3.05, 3.63) is 59.2 Å². The number of ketones is 1. The zero-order chi connectivity index (χ0) is 16.1. The van der Waals surface area contributed by atoms with Crippen molar-refractivity contribution >= 4 is 14.2 Å². The van der Waals surface area contributed by atoms with Gasteiger partial charge >= 0.3 is 0 Å². The number of benzene rings is 2. The van der Waals surface area contributed by atoms with Crippen molar-refractivity contribution in [2.45, 2.75) is 12.6 Å². The first-order valence-corrected chi connectivity index (χ1v) is 7.69. The Morgan fingerprint density at radius 3 is 2.14 bits per heavy atom. The van der Waals surface area contributed by atoms with Crippen LogP contribution in [0.4, 0.5) is 0 Å². The van der Waals surface area contributed by atoms with Crippen LogP contribution in [-0.2, 0) is 4.57 Å². The fraction of sp³-hybridized carbons (Fsp3) is 0.235. The van der Waals surface area contributed by atoms with Gasteiger partial charge in [0.2, 0.25) is 5.78 Å². The maximum absolute atomic E-state index is 13.0. The van der Waals surface area contributed by atoms with E-state index in [-0.39, 0.29) is 19.9 Å². The molecule has 0 fully saturated rings. The highest BCUT2D eigenvalue weighted by molar-refractivity contribution is 7.24. The Morgan fingerprint density at radius 1 is 1.00 bits per heavy atom. The minimum Gasteiger partial charge on any atom is -0.496 e. The fourth-order valence-corrected chi connectivity index (χ4v) is 2.67. The van der Waals surface area contributed by atoms with E-state index in [0.717, 1.165) is 5.56 Å². The summed E-state index contributed by atoms with van der Waals surface area (Å²) in [6.45, 7) is 1.81. The van der Waals surface area contributed by atoms with Crippen LogP contribution in [0.25, 0.3) is 0 Å². The summed E-state index contributed by atoms with van der Waals surface area (Å²) < 4.78 is 21.8. The molecule has 2 rings (SSSR count). The van der Waals surface area contributed by atoms with E-state index in [1.54, 1.807) is 37.3 Å². The quantitative estimate of drug-likeness (QED) is 0.589. The Balaban J connectivity index is 2.61. The number of hydrogen-bond donors (Lipinski definition) is 0. The van der Waals surface area contributed by atoms with E-state index in [1.165, 1.54) is 14.2 Å². The van der Waals surface area contributed by atoms with Crippen molar-refractivity contribution in [2.24, 2.45) is 0 Å². The summed E-state index contributed by atoms with van der Waals surface area (Å²) in [5, 5.41) is 0. The second kappa shape index (κ2) is 7.19. The van der Waals surface area contributed by atoms with Crippen LogP contribution in [0, 0.1) is 0 Å². The van der Waals surface area contributed by atoms with Gasteiger partial charge in [-0.2, -0.15) is 0 Å². The molecule has 0 amide bonds. The molecule has 0 aliphatic carbocycles. The van der Waals surface area contributed by atoms with E-state index in [0.29, 0.717) is 22.6 Å². The largest absolute Gasteiger partial charge is 0.496 e. The van der Waals surface area contributed by atoms with E-state index in [4.69, 9.17) is 9.47 Å². The molecular formula is C17H17O4P. The Labute approximate surface area is 131 Å². The Hall–Kier alpha value is -2.19. The van der Waals surface area contributed by atoms with Crippen molar-refractivity contribution in [1.82, 2.24) is 0 Å². The number of hydrogen-bond acceptors (Lipinski definition) is 4. The van der Waals surface area contributed by atoms with Gasteiger partial charge in [-0.15, -0.1) is 0 Å². The maximum Gasteiger partial charge on any atom is 0.200 e. The van der Waals surface area contributed by atoms with Gasteiger partial charge in [0, 0.05) is 5.56 Å². The van der Waals surface area contributed by atoms with Gasteiger partial charge in [-0.3, -0.25) is 9.36 Å². The number of rotatable bonds is 6. The summed E-state index contributed by atoms with van der Waals surface area (Å²) in [5.41, 5.74) is 1.34. The van der Waals surface area contributed by atoms with Crippen LogP contribution >= 0.6 is 8.46 Å². The predicted octanol–water partition coefficient (Wildman–Crippen LogP) is 4.29. The Morgan fingerprint density at radius 2 is 1.59 bits per heavy atom. The van der Waals surface area contributed by atoms with E-state index >= 15 is 0 Å². The summed E-state index contributed by atoms with van der Waals surface area (Å²) in [6, 6.07) is 12.3. The van der Waals surface area contributed by atoms with Crippen molar-refractivity contribution in [1.29, 1.82) is 0 Å². The van der Waals surface area contributed by atoms with Gasteiger partial charge in [0.15, 0.2) is 8.46 Å². The summed E-state index contributed by atoms with van der Waals surface area (Å²) >= 11 is 0. The molecule has 0 N–H and O–H groups in total. The van der Waals surface area contributed by atoms with Crippen molar-refractivity contribution in [3.63, 3.8) is 0 Å². The van der Waals surface area contributed by atoms with Gasteiger partial charge in [-0.1, -0.05) is 30.3 Å². The lowest BCUT2D eigenvalue weighted by Gasteiger charge is -2.15. The average Bonchev–Trinajstić information content (AvgIpc) is 2.59. The SMILES string of the molecule is COc1cccc(OC)c1C(=O)c1ccccc1C(C)P=O. The zero-order valence-corrected chi connectivity index (χ0v) is 13.6. The molecule has 5 heteroatoms. The molecule has 0 aliphatic heterocycles. The highest BCUT2D eigenvalue weighted by Crippen LogP contribution is 2.34. The molecule has 114 valence electrons. The summed E-state index contributed by atoms with van der Waals surface area (Å²) in [6.07, 6.45) is 0. The van der Waals surface area contributed by atoms with Gasteiger partial charge < -0.3 is 9.47 Å². The lowest BCUT2D eigenvalue weighted by molar-refractivity contribution is 0.103.